The molecule has 2 rings (SSSR count). The molecule has 0 saturated carbocycles. The van der Waals surface area contributed by atoms with E-state index in [0.717, 1.165) is 0 Å². The van der Waals surface area contributed by atoms with Gasteiger partial charge in [-0.25, -0.2) is 9.37 Å². The van der Waals surface area contributed by atoms with E-state index in [1.54, 1.807) is 25.3 Å². The molecule has 0 aliphatic heterocycles. The van der Waals surface area contributed by atoms with Crippen LogP contribution in [-0.4, -0.2) is 10.9 Å². The molecule has 1 amide bonds. The third-order valence-electron chi connectivity index (χ3n) is 2.44. The van der Waals surface area contributed by atoms with Crippen LogP contribution in [0.25, 0.3) is 0 Å². The number of aromatic nitrogens is 1. The first-order chi connectivity index (χ1) is 8.58. The molecule has 0 aliphatic rings. The van der Waals surface area contributed by atoms with Gasteiger partial charge in [0.05, 0.1) is 5.69 Å². The van der Waals surface area contributed by atoms with Gasteiger partial charge >= 0.3 is 0 Å². The molecule has 0 bridgehead atoms. The molecule has 0 spiro atoms. The summed E-state index contributed by atoms with van der Waals surface area (Å²) in [6, 6.07) is 7.50. The molecule has 0 aliphatic carbocycles. The minimum atomic E-state index is -0.355. The molecule has 1 aromatic carbocycles. The highest BCUT2D eigenvalue weighted by molar-refractivity contribution is 9.10. The SMILES string of the molecule is Cc1cc(F)ccc1C(=O)Nc1cccnc1Br. The van der Waals surface area contributed by atoms with Crippen molar-refractivity contribution in [1.29, 1.82) is 0 Å². The van der Waals surface area contributed by atoms with Crippen molar-refractivity contribution < 1.29 is 9.18 Å². The number of amides is 1. The zero-order valence-corrected chi connectivity index (χ0v) is 11.2. The van der Waals surface area contributed by atoms with Gasteiger partial charge in [-0.2, -0.15) is 0 Å². The normalized spacial score (nSPS) is 10.2. The Labute approximate surface area is 112 Å². The first-order valence-electron chi connectivity index (χ1n) is 5.26. The first kappa shape index (κ1) is 12.7. The van der Waals surface area contributed by atoms with Crippen LogP contribution in [0.2, 0.25) is 0 Å². The Morgan fingerprint density at radius 2 is 2.17 bits per heavy atom. The third kappa shape index (κ3) is 2.73. The van der Waals surface area contributed by atoms with Crippen LogP contribution in [0.15, 0.2) is 41.1 Å². The van der Waals surface area contributed by atoms with Crippen LogP contribution in [0.3, 0.4) is 0 Å². The predicted molar refractivity (Wildman–Crippen MR) is 71.0 cm³/mol. The smallest absolute Gasteiger partial charge is 0.256 e. The lowest BCUT2D eigenvalue weighted by atomic mass is 10.1. The van der Waals surface area contributed by atoms with E-state index in [9.17, 15) is 9.18 Å². The Morgan fingerprint density at radius 1 is 1.39 bits per heavy atom. The number of aryl methyl sites for hydroxylation is 1. The van der Waals surface area contributed by atoms with E-state index < -0.39 is 0 Å². The number of hydrogen-bond donors (Lipinski definition) is 1. The second kappa shape index (κ2) is 5.27. The van der Waals surface area contributed by atoms with E-state index in [4.69, 9.17) is 0 Å². The van der Waals surface area contributed by atoms with Crippen molar-refractivity contribution in [3.63, 3.8) is 0 Å². The fourth-order valence-electron chi connectivity index (χ4n) is 1.55. The molecule has 3 nitrogen and oxygen atoms in total. The van der Waals surface area contributed by atoms with Gasteiger partial charge in [-0.05, 0) is 58.7 Å². The van der Waals surface area contributed by atoms with E-state index in [-0.39, 0.29) is 11.7 Å². The Morgan fingerprint density at radius 3 is 2.83 bits per heavy atom. The maximum atomic E-state index is 13.0. The summed E-state index contributed by atoms with van der Waals surface area (Å²) in [6.07, 6.45) is 1.61. The Kier molecular flexibility index (Phi) is 3.72. The monoisotopic (exact) mass is 308 g/mol. The molecule has 0 unspecified atom stereocenters. The van der Waals surface area contributed by atoms with E-state index in [0.29, 0.717) is 21.4 Å². The van der Waals surface area contributed by atoms with Crippen molar-refractivity contribution in [3.05, 3.63) is 58.1 Å². The quantitative estimate of drug-likeness (QED) is 0.862. The molecule has 0 saturated heterocycles. The van der Waals surface area contributed by atoms with Crippen molar-refractivity contribution in [2.45, 2.75) is 6.92 Å². The molecule has 2 aromatic rings. The minimum absolute atomic E-state index is 0.291. The van der Waals surface area contributed by atoms with Gasteiger partial charge in [-0.15, -0.1) is 0 Å². The van der Waals surface area contributed by atoms with Gasteiger partial charge < -0.3 is 5.32 Å². The Bertz CT molecular complexity index is 601. The minimum Gasteiger partial charge on any atom is -0.320 e. The summed E-state index contributed by atoms with van der Waals surface area (Å²) in [5.74, 6) is -0.646. The van der Waals surface area contributed by atoms with E-state index in [1.165, 1.54) is 18.2 Å². The lowest BCUT2D eigenvalue weighted by Gasteiger charge is -2.08. The number of halogens is 2. The van der Waals surface area contributed by atoms with Crippen molar-refractivity contribution in [2.24, 2.45) is 0 Å². The second-order valence-corrected chi connectivity index (χ2v) is 4.51. The number of anilines is 1. The summed E-state index contributed by atoms with van der Waals surface area (Å²) in [5.41, 5.74) is 1.60. The highest BCUT2D eigenvalue weighted by atomic mass is 79.9. The molecule has 1 N–H and O–H groups in total. The van der Waals surface area contributed by atoms with Crippen LogP contribution in [0, 0.1) is 12.7 Å². The summed E-state index contributed by atoms with van der Waals surface area (Å²) in [6.45, 7) is 1.69. The van der Waals surface area contributed by atoms with Crippen LogP contribution in [0.1, 0.15) is 15.9 Å². The molecule has 1 aromatic heterocycles. The Balaban J connectivity index is 2.25. The maximum absolute atomic E-state index is 13.0. The molecule has 18 heavy (non-hydrogen) atoms. The number of nitrogens with one attached hydrogen (secondary N) is 1. The molecular weight excluding hydrogens is 299 g/mol. The summed E-state index contributed by atoms with van der Waals surface area (Å²) < 4.78 is 13.5. The van der Waals surface area contributed by atoms with Crippen molar-refractivity contribution in [3.8, 4) is 0 Å². The zero-order valence-electron chi connectivity index (χ0n) is 9.58. The van der Waals surface area contributed by atoms with Gasteiger partial charge in [-0.3, -0.25) is 4.79 Å². The topological polar surface area (TPSA) is 42.0 Å². The standard InChI is InChI=1S/C13H10BrFN2O/c1-8-7-9(15)4-5-10(8)13(18)17-11-3-2-6-16-12(11)14/h2-7H,1H3,(H,17,18). The molecule has 92 valence electrons. The number of rotatable bonds is 2. The van der Waals surface area contributed by atoms with Gasteiger partial charge in [0.2, 0.25) is 0 Å². The number of carbonyl (C=O) groups excluding carboxylic acids is 1. The second-order valence-electron chi connectivity index (χ2n) is 3.76. The maximum Gasteiger partial charge on any atom is 0.256 e. The number of benzene rings is 1. The van der Waals surface area contributed by atoms with Crippen LogP contribution < -0.4 is 5.32 Å². The average molecular weight is 309 g/mol. The molecular formula is C13H10BrFN2O. The van der Waals surface area contributed by atoms with Gasteiger partial charge in [0.1, 0.15) is 10.4 Å². The number of carbonyl (C=O) groups is 1. The molecule has 0 fully saturated rings. The molecule has 0 atom stereocenters. The number of pyridine rings is 1. The van der Waals surface area contributed by atoms with Crippen molar-refractivity contribution >= 4 is 27.5 Å². The van der Waals surface area contributed by atoms with Gasteiger partial charge in [-0.1, -0.05) is 0 Å². The fraction of sp³-hybridized carbons (Fsp3) is 0.0769. The summed E-state index contributed by atoms with van der Waals surface area (Å²) in [4.78, 5) is 16.0. The number of hydrogen-bond acceptors (Lipinski definition) is 2. The van der Waals surface area contributed by atoms with E-state index in [2.05, 4.69) is 26.2 Å². The van der Waals surface area contributed by atoms with Crippen LogP contribution in [0.5, 0.6) is 0 Å². The van der Waals surface area contributed by atoms with Gasteiger partial charge in [0.25, 0.3) is 5.91 Å². The predicted octanol–water partition coefficient (Wildman–Crippen LogP) is 3.54. The van der Waals surface area contributed by atoms with Gasteiger partial charge in [0, 0.05) is 11.8 Å². The summed E-state index contributed by atoms with van der Waals surface area (Å²) >= 11 is 3.24. The van der Waals surface area contributed by atoms with Crippen molar-refractivity contribution in [1.82, 2.24) is 4.98 Å². The lowest BCUT2D eigenvalue weighted by molar-refractivity contribution is 0.102. The van der Waals surface area contributed by atoms with Gasteiger partial charge in [0.15, 0.2) is 0 Å². The third-order valence-corrected chi connectivity index (χ3v) is 3.07. The van der Waals surface area contributed by atoms with Crippen molar-refractivity contribution in [2.75, 3.05) is 5.32 Å². The molecule has 0 radical (unpaired) electrons. The lowest BCUT2D eigenvalue weighted by Crippen LogP contribution is -2.14. The Hall–Kier alpha value is -1.75. The highest BCUT2D eigenvalue weighted by Gasteiger charge is 2.11. The van der Waals surface area contributed by atoms with E-state index in [1.807, 2.05) is 0 Å². The zero-order chi connectivity index (χ0) is 13.1. The van der Waals surface area contributed by atoms with Crippen LogP contribution >= 0.6 is 15.9 Å². The van der Waals surface area contributed by atoms with Crippen LogP contribution in [0.4, 0.5) is 10.1 Å². The highest BCUT2D eigenvalue weighted by Crippen LogP contribution is 2.20. The molecule has 1 heterocycles. The fourth-order valence-corrected chi connectivity index (χ4v) is 1.90. The summed E-state index contributed by atoms with van der Waals surface area (Å²) in [5, 5.41) is 2.72. The average Bonchev–Trinajstić information content (AvgIpc) is 2.32. The van der Waals surface area contributed by atoms with E-state index >= 15 is 0 Å². The molecule has 5 heteroatoms. The van der Waals surface area contributed by atoms with Crippen LogP contribution in [-0.2, 0) is 0 Å². The first-order valence-corrected chi connectivity index (χ1v) is 6.05. The largest absolute Gasteiger partial charge is 0.320 e. The summed E-state index contributed by atoms with van der Waals surface area (Å²) in [7, 11) is 0. The number of nitrogens with zero attached hydrogens (tertiary/aromatic N) is 1.